The lowest BCUT2D eigenvalue weighted by Crippen LogP contribution is -2.00. The van der Waals surface area contributed by atoms with Crippen molar-refractivity contribution in [2.24, 2.45) is 0 Å². The van der Waals surface area contributed by atoms with Crippen molar-refractivity contribution in [3.05, 3.63) is 39.9 Å². The Labute approximate surface area is 110 Å². The summed E-state index contributed by atoms with van der Waals surface area (Å²) in [5, 5.41) is 11.5. The van der Waals surface area contributed by atoms with E-state index in [0.717, 1.165) is 10.6 Å². The summed E-state index contributed by atoms with van der Waals surface area (Å²) < 4.78 is 0. The fraction of sp³-hybridized carbons (Fsp3) is 0.286. The van der Waals surface area contributed by atoms with Crippen LogP contribution < -0.4 is 0 Å². The van der Waals surface area contributed by atoms with Gasteiger partial charge in [0.15, 0.2) is 0 Å². The van der Waals surface area contributed by atoms with Crippen LogP contribution in [0.5, 0.6) is 0 Å². The third kappa shape index (κ3) is 2.59. The molecule has 0 bridgehead atoms. The zero-order valence-electron chi connectivity index (χ0n) is 10.7. The summed E-state index contributed by atoms with van der Waals surface area (Å²) in [6.45, 7) is 6.20. The Balaban J connectivity index is 2.43. The Morgan fingerprint density at radius 2 is 1.89 bits per heavy atom. The molecule has 0 radical (unpaired) electrons. The van der Waals surface area contributed by atoms with E-state index in [4.69, 9.17) is 5.11 Å². The van der Waals surface area contributed by atoms with Crippen LogP contribution in [-0.4, -0.2) is 16.1 Å². The van der Waals surface area contributed by atoms with Crippen molar-refractivity contribution in [1.29, 1.82) is 0 Å². The smallest absolute Gasteiger partial charge is 0.309 e. The van der Waals surface area contributed by atoms with Gasteiger partial charge in [-0.05, 0) is 31.9 Å². The third-order valence-electron chi connectivity index (χ3n) is 2.77. The van der Waals surface area contributed by atoms with Crippen LogP contribution in [0, 0.1) is 20.8 Å². The Hall–Kier alpha value is -1.68. The van der Waals surface area contributed by atoms with Crippen LogP contribution in [0.3, 0.4) is 0 Å². The highest BCUT2D eigenvalue weighted by atomic mass is 32.1. The number of carbonyl (C=O) groups is 1. The number of benzene rings is 1. The van der Waals surface area contributed by atoms with E-state index in [1.165, 1.54) is 28.0 Å². The van der Waals surface area contributed by atoms with Gasteiger partial charge in [-0.1, -0.05) is 17.7 Å². The third-order valence-corrected chi connectivity index (χ3v) is 3.68. The number of aryl methyl sites for hydroxylation is 3. The van der Waals surface area contributed by atoms with Gasteiger partial charge in [0.05, 0.1) is 12.1 Å². The summed E-state index contributed by atoms with van der Waals surface area (Å²) in [6, 6.07) is 4.25. The van der Waals surface area contributed by atoms with Gasteiger partial charge in [-0.2, -0.15) is 0 Å². The number of aromatic nitrogens is 1. The van der Waals surface area contributed by atoms with E-state index in [9.17, 15) is 4.79 Å². The quantitative estimate of drug-likeness (QED) is 0.921. The Morgan fingerprint density at radius 1 is 1.28 bits per heavy atom. The molecule has 1 aromatic carbocycles. The number of rotatable bonds is 3. The second-order valence-electron chi connectivity index (χ2n) is 4.49. The molecule has 4 heteroatoms. The minimum atomic E-state index is -0.843. The predicted molar refractivity (Wildman–Crippen MR) is 73.1 cm³/mol. The summed E-state index contributed by atoms with van der Waals surface area (Å²) in [5.74, 6) is -0.843. The molecule has 3 nitrogen and oxygen atoms in total. The molecule has 2 rings (SSSR count). The molecule has 94 valence electrons. The highest BCUT2D eigenvalue weighted by Crippen LogP contribution is 2.30. The van der Waals surface area contributed by atoms with Gasteiger partial charge in [-0.25, -0.2) is 4.98 Å². The molecule has 1 aromatic heterocycles. The molecule has 18 heavy (non-hydrogen) atoms. The maximum Gasteiger partial charge on any atom is 0.309 e. The van der Waals surface area contributed by atoms with Gasteiger partial charge in [0.1, 0.15) is 5.01 Å². The molecule has 1 heterocycles. The fourth-order valence-electron chi connectivity index (χ4n) is 2.18. The first-order chi connectivity index (χ1) is 8.47. The standard InChI is InChI=1S/C14H15NO2S/c1-8-4-9(2)13(10(3)5-8)14-15-11(7-18-14)6-12(16)17/h4-5,7H,6H2,1-3H3,(H,16,17). The van der Waals surface area contributed by atoms with Crippen LogP contribution >= 0.6 is 11.3 Å². The lowest BCUT2D eigenvalue weighted by molar-refractivity contribution is -0.136. The van der Waals surface area contributed by atoms with E-state index in [1.54, 1.807) is 0 Å². The molecular weight excluding hydrogens is 246 g/mol. The number of thiazole rings is 1. The average molecular weight is 261 g/mol. The van der Waals surface area contributed by atoms with E-state index >= 15 is 0 Å². The van der Waals surface area contributed by atoms with Crippen molar-refractivity contribution in [2.45, 2.75) is 27.2 Å². The van der Waals surface area contributed by atoms with Crippen LogP contribution in [0.15, 0.2) is 17.5 Å². The van der Waals surface area contributed by atoms with Crippen LogP contribution in [0.4, 0.5) is 0 Å². The fourth-order valence-corrected chi connectivity index (χ4v) is 3.17. The first kappa shape index (κ1) is 12.8. The summed E-state index contributed by atoms with van der Waals surface area (Å²) >= 11 is 1.50. The largest absolute Gasteiger partial charge is 0.481 e. The Bertz CT molecular complexity index is 579. The number of aliphatic carboxylic acids is 1. The highest BCUT2D eigenvalue weighted by Gasteiger charge is 2.12. The number of carboxylic acid groups (broad SMARTS) is 1. The van der Waals surface area contributed by atoms with Gasteiger partial charge in [0, 0.05) is 10.9 Å². The zero-order chi connectivity index (χ0) is 13.3. The van der Waals surface area contributed by atoms with E-state index in [-0.39, 0.29) is 6.42 Å². The average Bonchev–Trinajstić information content (AvgIpc) is 2.63. The summed E-state index contributed by atoms with van der Waals surface area (Å²) in [5.41, 5.74) is 5.35. The minimum Gasteiger partial charge on any atom is -0.481 e. The predicted octanol–water partition coefficient (Wildman–Crippen LogP) is 3.36. The van der Waals surface area contributed by atoms with E-state index in [2.05, 4.69) is 37.9 Å². The van der Waals surface area contributed by atoms with Crippen molar-refractivity contribution in [2.75, 3.05) is 0 Å². The van der Waals surface area contributed by atoms with Crippen molar-refractivity contribution < 1.29 is 9.90 Å². The van der Waals surface area contributed by atoms with Crippen molar-refractivity contribution in [3.8, 4) is 10.6 Å². The monoisotopic (exact) mass is 261 g/mol. The van der Waals surface area contributed by atoms with Gasteiger partial charge >= 0.3 is 5.97 Å². The summed E-state index contributed by atoms with van der Waals surface area (Å²) in [4.78, 5) is 15.1. The van der Waals surface area contributed by atoms with Gasteiger partial charge in [0.25, 0.3) is 0 Å². The minimum absolute atomic E-state index is 0.0134. The lowest BCUT2D eigenvalue weighted by Gasteiger charge is -2.08. The summed E-state index contributed by atoms with van der Waals surface area (Å²) in [7, 11) is 0. The lowest BCUT2D eigenvalue weighted by atomic mass is 10.0. The Kier molecular flexibility index (Phi) is 3.48. The maximum atomic E-state index is 10.7. The molecule has 0 saturated heterocycles. The van der Waals surface area contributed by atoms with Crippen molar-refractivity contribution in [1.82, 2.24) is 4.98 Å². The molecule has 0 spiro atoms. The molecular formula is C14H15NO2S. The molecule has 0 aliphatic heterocycles. The number of hydrogen-bond acceptors (Lipinski definition) is 3. The van der Waals surface area contributed by atoms with Gasteiger partial charge in [0.2, 0.25) is 0 Å². The van der Waals surface area contributed by atoms with E-state index < -0.39 is 5.97 Å². The highest BCUT2D eigenvalue weighted by molar-refractivity contribution is 7.13. The molecule has 0 aliphatic carbocycles. The second-order valence-corrected chi connectivity index (χ2v) is 5.35. The molecule has 2 aromatic rings. The number of nitrogens with zero attached hydrogens (tertiary/aromatic N) is 1. The first-order valence-corrected chi connectivity index (χ1v) is 6.59. The SMILES string of the molecule is Cc1cc(C)c(-c2nc(CC(=O)O)cs2)c(C)c1. The zero-order valence-corrected chi connectivity index (χ0v) is 11.5. The molecule has 0 aliphatic rings. The normalized spacial score (nSPS) is 10.6. The van der Waals surface area contributed by atoms with Crippen LogP contribution in [0.2, 0.25) is 0 Å². The number of hydrogen-bond donors (Lipinski definition) is 1. The maximum absolute atomic E-state index is 10.7. The van der Waals surface area contributed by atoms with Gasteiger partial charge in [-0.15, -0.1) is 11.3 Å². The molecule has 0 saturated carbocycles. The molecule has 1 N–H and O–H groups in total. The Morgan fingerprint density at radius 3 is 2.44 bits per heavy atom. The number of carboxylic acids is 1. The van der Waals surface area contributed by atoms with Gasteiger partial charge < -0.3 is 5.11 Å². The van der Waals surface area contributed by atoms with Crippen LogP contribution in [0.25, 0.3) is 10.6 Å². The summed E-state index contributed by atoms with van der Waals surface area (Å²) in [6.07, 6.45) is -0.0134. The van der Waals surface area contributed by atoms with Crippen LogP contribution in [-0.2, 0) is 11.2 Å². The molecule has 0 fully saturated rings. The van der Waals surface area contributed by atoms with E-state index in [1.807, 2.05) is 5.38 Å². The first-order valence-electron chi connectivity index (χ1n) is 5.72. The van der Waals surface area contributed by atoms with Crippen molar-refractivity contribution in [3.63, 3.8) is 0 Å². The van der Waals surface area contributed by atoms with Gasteiger partial charge in [-0.3, -0.25) is 4.79 Å². The second kappa shape index (κ2) is 4.90. The molecule has 0 unspecified atom stereocenters. The molecule has 0 amide bonds. The van der Waals surface area contributed by atoms with Crippen LogP contribution in [0.1, 0.15) is 22.4 Å². The van der Waals surface area contributed by atoms with E-state index in [0.29, 0.717) is 5.69 Å². The van der Waals surface area contributed by atoms with Crippen molar-refractivity contribution >= 4 is 17.3 Å². The molecule has 0 atom stereocenters. The topological polar surface area (TPSA) is 50.2 Å².